The Hall–Kier alpha value is -0.830. The summed E-state index contributed by atoms with van der Waals surface area (Å²) in [4.78, 5) is 13.6. The van der Waals surface area contributed by atoms with Crippen LogP contribution in [-0.4, -0.2) is 11.6 Å². The molecule has 19 heavy (non-hydrogen) atoms. The molecule has 0 fully saturated rings. The van der Waals surface area contributed by atoms with Crippen LogP contribution in [0.15, 0.2) is 5.38 Å². The number of carbonyl (C=O) groups is 1. The summed E-state index contributed by atoms with van der Waals surface area (Å²) >= 11 is 1.74. The lowest BCUT2D eigenvalue weighted by molar-refractivity contribution is 0.00686. The Balaban J connectivity index is 2.12. The van der Waals surface area contributed by atoms with Crippen LogP contribution < -0.4 is 0 Å². The maximum Gasteiger partial charge on any atom is 0.339 e. The minimum absolute atomic E-state index is 0.154. The van der Waals surface area contributed by atoms with Crippen LogP contribution in [0.25, 0.3) is 0 Å². The lowest BCUT2D eigenvalue weighted by Crippen LogP contribution is -2.24. The molecule has 1 aromatic rings. The molecule has 0 N–H and O–H groups in total. The van der Waals surface area contributed by atoms with Gasteiger partial charge in [-0.25, -0.2) is 4.79 Å². The van der Waals surface area contributed by atoms with Crippen molar-refractivity contribution < 1.29 is 9.53 Å². The third kappa shape index (κ3) is 3.59. The first kappa shape index (κ1) is 14.6. The van der Waals surface area contributed by atoms with E-state index < -0.39 is 5.60 Å². The van der Waals surface area contributed by atoms with E-state index >= 15 is 0 Å². The van der Waals surface area contributed by atoms with Crippen molar-refractivity contribution in [1.29, 1.82) is 0 Å². The van der Waals surface area contributed by atoms with E-state index in [0.717, 1.165) is 24.3 Å². The number of hydrogen-bond acceptors (Lipinski definition) is 3. The third-order valence-corrected chi connectivity index (χ3v) is 4.62. The van der Waals surface area contributed by atoms with Crippen molar-refractivity contribution in [3.05, 3.63) is 21.4 Å². The summed E-state index contributed by atoms with van der Waals surface area (Å²) in [5, 5.41) is 1.99. The van der Waals surface area contributed by atoms with Gasteiger partial charge in [-0.05, 0) is 51.5 Å². The molecule has 0 amide bonds. The fourth-order valence-electron chi connectivity index (χ4n) is 2.74. The van der Waals surface area contributed by atoms with Crippen molar-refractivity contribution in [3.63, 3.8) is 0 Å². The maximum atomic E-state index is 12.2. The van der Waals surface area contributed by atoms with Gasteiger partial charge in [0.15, 0.2) is 0 Å². The Bertz CT molecular complexity index is 454. The second-order valence-electron chi connectivity index (χ2n) is 6.45. The number of ether oxygens (including phenoxy) is 1. The van der Waals surface area contributed by atoms with Crippen LogP contribution in [0.5, 0.6) is 0 Å². The highest BCUT2D eigenvalue weighted by molar-refractivity contribution is 7.10. The first-order chi connectivity index (χ1) is 8.90. The summed E-state index contributed by atoms with van der Waals surface area (Å²) in [6.07, 6.45) is 5.96. The summed E-state index contributed by atoms with van der Waals surface area (Å²) in [7, 11) is 0. The standard InChI is InChI=1S/C16H24O2S/c1-5-6-11-7-8-12-13(10-19-14(12)9-11)15(17)18-16(2,3)4/h10-11H,5-9H2,1-4H3. The van der Waals surface area contributed by atoms with Crippen molar-refractivity contribution >= 4 is 17.3 Å². The second-order valence-corrected chi connectivity index (χ2v) is 7.41. The molecule has 1 aromatic heterocycles. The van der Waals surface area contributed by atoms with Gasteiger partial charge in [-0.2, -0.15) is 0 Å². The first-order valence-electron chi connectivity index (χ1n) is 7.23. The van der Waals surface area contributed by atoms with Gasteiger partial charge in [0.25, 0.3) is 0 Å². The number of thiophene rings is 1. The largest absolute Gasteiger partial charge is 0.456 e. The van der Waals surface area contributed by atoms with Crippen molar-refractivity contribution in [3.8, 4) is 0 Å². The lowest BCUT2D eigenvalue weighted by Gasteiger charge is -2.23. The quantitative estimate of drug-likeness (QED) is 0.756. The SMILES string of the molecule is CCCC1CCc2c(C(=O)OC(C)(C)C)csc2C1. The Morgan fingerprint density at radius 1 is 1.47 bits per heavy atom. The predicted molar refractivity (Wildman–Crippen MR) is 79.9 cm³/mol. The zero-order valence-corrected chi connectivity index (χ0v) is 13.2. The molecule has 0 saturated heterocycles. The van der Waals surface area contributed by atoms with Gasteiger partial charge in [-0.3, -0.25) is 0 Å². The molecule has 0 bridgehead atoms. The van der Waals surface area contributed by atoms with E-state index in [0.29, 0.717) is 0 Å². The van der Waals surface area contributed by atoms with Crippen LogP contribution in [0, 0.1) is 5.92 Å². The highest BCUT2D eigenvalue weighted by Gasteiger charge is 2.27. The Morgan fingerprint density at radius 2 is 2.21 bits per heavy atom. The van der Waals surface area contributed by atoms with Gasteiger partial charge in [-0.1, -0.05) is 19.8 Å². The van der Waals surface area contributed by atoms with Crippen LogP contribution in [-0.2, 0) is 17.6 Å². The van der Waals surface area contributed by atoms with Crippen molar-refractivity contribution in [2.24, 2.45) is 5.92 Å². The van der Waals surface area contributed by atoms with Crippen molar-refractivity contribution in [2.45, 2.75) is 65.4 Å². The van der Waals surface area contributed by atoms with Gasteiger partial charge in [0.05, 0.1) is 5.56 Å². The average Bonchev–Trinajstić information content (AvgIpc) is 2.70. The molecule has 0 aromatic carbocycles. The molecule has 0 saturated carbocycles. The van der Waals surface area contributed by atoms with Crippen LogP contribution in [0.4, 0.5) is 0 Å². The van der Waals surface area contributed by atoms with Crippen LogP contribution in [0.3, 0.4) is 0 Å². The lowest BCUT2D eigenvalue weighted by atomic mass is 9.85. The van der Waals surface area contributed by atoms with Crippen LogP contribution in [0.2, 0.25) is 0 Å². The minimum atomic E-state index is -0.411. The third-order valence-electron chi connectivity index (χ3n) is 3.57. The van der Waals surface area contributed by atoms with Gasteiger partial charge < -0.3 is 4.74 Å². The van der Waals surface area contributed by atoms with Gasteiger partial charge in [-0.15, -0.1) is 11.3 Å². The number of carbonyl (C=O) groups excluding carboxylic acids is 1. The van der Waals surface area contributed by atoms with E-state index in [-0.39, 0.29) is 5.97 Å². The molecular weight excluding hydrogens is 256 g/mol. The summed E-state index contributed by atoms with van der Waals surface area (Å²) in [6, 6.07) is 0. The topological polar surface area (TPSA) is 26.3 Å². The molecule has 106 valence electrons. The van der Waals surface area contributed by atoms with Gasteiger partial charge >= 0.3 is 5.97 Å². The monoisotopic (exact) mass is 280 g/mol. The van der Waals surface area contributed by atoms with Crippen molar-refractivity contribution in [2.75, 3.05) is 0 Å². The number of hydrogen-bond donors (Lipinski definition) is 0. The second kappa shape index (κ2) is 5.66. The van der Waals surface area contributed by atoms with Gasteiger partial charge in [0, 0.05) is 10.3 Å². The van der Waals surface area contributed by atoms with E-state index in [1.165, 1.54) is 29.7 Å². The number of rotatable bonds is 3. The zero-order valence-electron chi connectivity index (χ0n) is 12.4. The molecule has 0 aliphatic heterocycles. The van der Waals surface area contributed by atoms with Gasteiger partial charge in [0.1, 0.15) is 5.60 Å². The molecule has 1 unspecified atom stereocenters. The Morgan fingerprint density at radius 3 is 2.84 bits per heavy atom. The summed E-state index contributed by atoms with van der Waals surface area (Å²) in [6.45, 7) is 8.00. The zero-order chi connectivity index (χ0) is 14.0. The highest BCUT2D eigenvalue weighted by Crippen LogP contribution is 2.35. The van der Waals surface area contributed by atoms with Crippen LogP contribution >= 0.6 is 11.3 Å². The molecule has 1 aliphatic carbocycles. The molecule has 1 heterocycles. The smallest absolute Gasteiger partial charge is 0.339 e. The molecule has 0 radical (unpaired) electrons. The average molecular weight is 280 g/mol. The van der Waals surface area contributed by atoms with E-state index in [1.54, 1.807) is 11.3 Å². The van der Waals surface area contributed by atoms with E-state index in [2.05, 4.69) is 6.92 Å². The number of fused-ring (bicyclic) bond motifs is 1. The molecule has 2 nitrogen and oxygen atoms in total. The molecular formula is C16H24O2S. The Labute approximate surface area is 120 Å². The first-order valence-corrected chi connectivity index (χ1v) is 8.11. The molecule has 1 aliphatic rings. The maximum absolute atomic E-state index is 12.2. The van der Waals surface area contributed by atoms with Gasteiger partial charge in [0.2, 0.25) is 0 Å². The molecule has 2 rings (SSSR count). The molecule has 1 atom stereocenters. The summed E-state index contributed by atoms with van der Waals surface area (Å²) in [5.41, 5.74) is 1.65. The molecule has 3 heteroatoms. The van der Waals surface area contributed by atoms with E-state index in [1.807, 2.05) is 26.2 Å². The van der Waals surface area contributed by atoms with E-state index in [9.17, 15) is 4.79 Å². The highest BCUT2D eigenvalue weighted by atomic mass is 32.1. The fraction of sp³-hybridized carbons (Fsp3) is 0.688. The number of esters is 1. The summed E-state index contributed by atoms with van der Waals surface area (Å²) in [5.74, 6) is 0.654. The van der Waals surface area contributed by atoms with E-state index in [4.69, 9.17) is 4.74 Å². The Kier molecular flexibility index (Phi) is 4.34. The molecule has 0 spiro atoms. The normalized spacial score (nSPS) is 19.1. The predicted octanol–water partition coefficient (Wildman–Crippen LogP) is 4.61. The minimum Gasteiger partial charge on any atom is -0.456 e. The van der Waals surface area contributed by atoms with Crippen LogP contribution in [0.1, 0.15) is 67.8 Å². The fourth-order valence-corrected chi connectivity index (χ4v) is 3.92. The van der Waals surface area contributed by atoms with Crippen molar-refractivity contribution in [1.82, 2.24) is 0 Å². The summed E-state index contributed by atoms with van der Waals surface area (Å²) < 4.78 is 5.49.